The number of rotatable bonds is 4. The van der Waals surface area contributed by atoms with Gasteiger partial charge in [0.1, 0.15) is 6.61 Å². The van der Waals surface area contributed by atoms with Crippen molar-refractivity contribution in [2.75, 3.05) is 23.3 Å². The number of sulfonamides is 1. The lowest BCUT2D eigenvalue weighted by molar-refractivity contribution is -0.114. The molecule has 31 heavy (non-hydrogen) atoms. The Hall–Kier alpha value is -2.21. The number of thiazole rings is 1. The number of cyclic esters (lactones) is 1. The number of fused-ring (bicyclic) bond motifs is 1. The molecule has 2 aromatic rings. The van der Waals surface area contributed by atoms with Gasteiger partial charge in [-0.05, 0) is 38.0 Å². The summed E-state index contributed by atoms with van der Waals surface area (Å²) in [7, 11) is -3.76. The summed E-state index contributed by atoms with van der Waals surface area (Å²) in [6.45, 7) is 3.62. The van der Waals surface area contributed by atoms with Crippen LogP contribution in [0.15, 0.2) is 22.4 Å². The molecule has 9 nitrogen and oxygen atoms in total. The first-order valence-corrected chi connectivity index (χ1v) is 12.3. The number of aryl methyl sites for hydroxylation is 1. The van der Waals surface area contributed by atoms with Crippen molar-refractivity contribution < 1.29 is 22.7 Å². The summed E-state index contributed by atoms with van der Waals surface area (Å²) in [6, 6.07) is 5.11. The van der Waals surface area contributed by atoms with E-state index in [0.717, 1.165) is 22.6 Å². The minimum atomic E-state index is -3.76. The number of ether oxygens (including phenoxy) is 1. The Morgan fingerprint density at radius 2 is 2.03 bits per heavy atom. The number of anilines is 2. The van der Waals surface area contributed by atoms with Crippen LogP contribution in [0.2, 0.25) is 5.02 Å². The van der Waals surface area contributed by atoms with Crippen LogP contribution < -0.4 is 10.2 Å². The van der Waals surface area contributed by atoms with Gasteiger partial charge in [0, 0.05) is 36.6 Å². The highest BCUT2D eigenvalue weighted by atomic mass is 35.5. The number of benzene rings is 1. The number of halogens is 1. The van der Waals surface area contributed by atoms with Crippen LogP contribution in [0.4, 0.5) is 15.6 Å². The highest BCUT2D eigenvalue weighted by molar-refractivity contribution is 7.91. The summed E-state index contributed by atoms with van der Waals surface area (Å²) < 4.78 is 33.1. The summed E-state index contributed by atoms with van der Waals surface area (Å²) in [4.78, 5) is 29.5. The van der Waals surface area contributed by atoms with Gasteiger partial charge in [-0.15, -0.1) is 0 Å². The Morgan fingerprint density at radius 3 is 2.71 bits per heavy atom. The number of piperidine rings is 1. The molecular weight excluding hydrogens is 464 g/mol. The van der Waals surface area contributed by atoms with Crippen LogP contribution in [0.25, 0.3) is 0 Å². The quantitative estimate of drug-likeness (QED) is 0.712. The molecule has 1 aromatic heterocycles. The van der Waals surface area contributed by atoms with E-state index in [0.29, 0.717) is 23.6 Å². The van der Waals surface area contributed by atoms with E-state index in [4.69, 9.17) is 16.3 Å². The van der Waals surface area contributed by atoms with E-state index in [1.165, 1.54) is 11.2 Å². The molecule has 0 spiro atoms. The summed E-state index contributed by atoms with van der Waals surface area (Å²) in [5, 5.41) is 3.35. The molecule has 1 N–H and O–H groups in total. The van der Waals surface area contributed by atoms with Crippen molar-refractivity contribution in [2.24, 2.45) is 0 Å². The van der Waals surface area contributed by atoms with Gasteiger partial charge in [-0.2, -0.15) is 4.31 Å². The highest BCUT2D eigenvalue weighted by Crippen LogP contribution is 2.35. The van der Waals surface area contributed by atoms with Crippen molar-refractivity contribution in [2.45, 2.75) is 43.5 Å². The molecule has 0 atom stereocenters. The van der Waals surface area contributed by atoms with Crippen LogP contribution in [-0.4, -0.2) is 48.8 Å². The van der Waals surface area contributed by atoms with Crippen molar-refractivity contribution in [3.05, 3.63) is 34.5 Å². The lowest BCUT2D eigenvalue weighted by atomic mass is 10.0. The first-order chi connectivity index (χ1) is 14.7. The minimum Gasteiger partial charge on any atom is -0.444 e. The molecule has 2 amide bonds. The van der Waals surface area contributed by atoms with E-state index in [-0.39, 0.29) is 41.0 Å². The standard InChI is InChI=1S/C19H21ClN4O5S2/c1-11-17(30-18(21-11)22-12(2)25)31(27,28)23-7-5-15(6-8-23)24-16-4-3-14(20)9-13(16)10-29-19(24)26/h3-4,9,15H,5-8,10H2,1-2H3,(H,21,22,25). The summed E-state index contributed by atoms with van der Waals surface area (Å²) in [5.41, 5.74) is 1.93. The first-order valence-electron chi connectivity index (χ1n) is 9.66. The van der Waals surface area contributed by atoms with E-state index in [1.807, 2.05) is 0 Å². The average Bonchev–Trinajstić information content (AvgIpc) is 3.08. The van der Waals surface area contributed by atoms with Crippen LogP contribution >= 0.6 is 22.9 Å². The fourth-order valence-electron chi connectivity index (χ4n) is 3.84. The molecular formula is C19H21ClN4O5S2. The van der Waals surface area contributed by atoms with Crippen LogP contribution in [0, 0.1) is 6.92 Å². The summed E-state index contributed by atoms with van der Waals surface area (Å²) in [5.74, 6) is -0.312. The molecule has 0 unspecified atom stereocenters. The third-order valence-electron chi connectivity index (χ3n) is 5.25. The van der Waals surface area contributed by atoms with Gasteiger partial charge in [0.25, 0.3) is 10.0 Å². The third-order valence-corrected chi connectivity index (χ3v) is 9.04. The van der Waals surface area contributed by atoms with Gasteiger partial charge >= 0.3 is 6.09 Å². The second-order valence-electron chi connectivity index (χ2n) is 7.41. The molecule has 166 valence electrons. The van der Waals surface area contributed by atoms with Crippen molar-refractivity contribution in [1.29, 1.82) is 0 Å². The van der Waals surface area contributed by atoms with Crippen molar-refractivity contribution in [3.63, 3.8) is 0 Å². The van der Waals surface area contributed by atoms with E-state index in [1.54, 1.807) is 30.0 Å². The number of hydrogen-bond donors (Lipinski definition) is 1. The second kappa shape index (κ2) is 8.38. The monoisotopic (exact) mass is 484 g/mol. The average molecular weight is 485 g/mol. The summed E-state index contributed by atoms with van der Waals surface area (Å²) >= 11 is 7.00. The number of nitrogens with zero attached hydrogens (tertiary/aromatic N) is 3. The SMILES string of the molecule is CC(=O)Nc1nc(C)c(S(=O)(=O)N2CCC(N3C(=O)OCc4cc(Cl)ccc43)CC2)s1. The number of carbonyl (C=O) groups is 2. The van der Waals surface area contributed by atoms with E-state index in [9.17, 15) is 18.0 Å². The van der Waals surface area contributed by atoms with E-state index < -0.39 is 16.1 Å². The second-order valence-corrected chi connectivity index (χ2v) is 11.0. The maximum absolute atomic E-state index is 13.2. The van der Waals surface area contributed by atoms with Crippen molar-refractivity contribution >= 4 is 55.8 Å². The van der Waals surface area contributed by atoms with E-state index >= 15 is 0 Å². The topological polar surface area (TPSA) is 109 Å². The lowest BCUT2D eigenvalue weighted by Crippen LogP contribution is -2.50. The largest absolute Gasteiger partial charge is 0.444 e. The molecule has 3 heterocycles. The number of aromatic nitrogens is 1. The first kappa shape index (κ1) is 22.0. The van der Waals surface area contributed by atoms with Crippen LogP contribution in [-0.2, 0) is 26.2 Å². The zero-order chi connectivity index (χ0) is 22.3. The fraction of sp³-hybridized carbons (Fsp3) is 0.421. The Labute approximate surface area is 189 Å². The molecule has 12 heteroatoms. The Morgan fingerprint density at radius 1 is 1.32 bits per heavy atom. The van der Waals surface area contributed by atoms with E-state index in [2.05, 4.69) is 10.3 Å². The van der Waals surface area contributed by atoms with Crippen LogP contribution in [0.3, 0.4) is 0 Å². The Balaban J connectivity index is 1.51. The fourth-order valence-corrected chi connectivity index (χ4v) is 7.10. The van der Waals surface area contributed by atoms with Gasteiger partial charge in [0.05, 0.1) is 11.4 Å². The van der Waals surface area contributed by atoms with Crippen molar-refractivity contribution in [3.8, 4) is 0 Å². The molecule has 1 aromatic carbocycles. The van der Waals surface area contributed by atoms with Gasteiger partial charge in [-0.3, -0.25) is 9.69 Å². The molecule has 4 rings (SSSR count). The molecule has 0 aliphatic carbocycles. The third kappa shape index (κ3) is 4.27. The molecule has 0 saturated carbocycles. The zero-order valence-electron chi connectivity index (χ0n) is 16.9. The number of carbonyl (C=O) groups excluding carboxylic acids is 2. The maximum Gasteiger partial charge on any atom is 0.414 e. The Bertz CT molecular complexity index is 1140. The normalized spacial score (nSPS) is 17.9. The Kier molecular flexibility index (Phi) is 5.95. The summed E-state index contributed by atoms with van der Waals surface area (Å²) in [6.07, 6.45) is 0.494. The predicted octanol–water partition coefficient (Wildman–Crippen LogP) is 3.37. The molecule has 0 bridgehead atoms. The predicted molar refractivity (Wildman–Crippen MR) is 117 cm³/mol. The van der Waals surface area contributed by atoms with Crippen LogP contribution in [0.5, 0.6) is 0 Å². The van der Waals surface area contributed by atoms with Crippen LogP contribution in [0.1, 0.15) is 31.0 Å². The smallest absolute Gasteiger partial charge is 0.414 e. The molecule has 2 aliphatic rings. The number of amides is 2. The molecule has 0 radical (unpaired) electrons. The van der Waals surface area contributed by atoms with Gasteiger partial charge < -0.3 is 10.1 Å². The van der Waals surface area contributed by atoms with Gasteiger partial charge in [-0.25, -0.2) is 18.2 Å². The molecule has 1 fully saturated rings. The highest BCUT2D eigenvalue weighted by Gasteiger charge is 2.38. The molecule has 2 aliphatic heterocycles. The maximum atomic E-state index is 13.2. The lowest BCUT2D eigenvalue weighted by Gasteiger charge is -2.39. The number of hydrogen-bond acceptors (Lipinski definition) is 7. The molecule has 1 saturated heterocycles. The van der Waals surface area contributed by atoms with Gasteiger partial charge in [0.15, 0.2) is 9.34 Å². The minimum absolute atomic E-state index is 0.118. The van der Waals surface area contributed by atoms with Gasteiger partial charge in [-0.1, -0.05) is 22.9 Å². The van der Waals surface area contributed by atoms with Crippen molar-refractivity contribution in [1.82, 2.24) is 9.29 Å². The van der Waals surface area contributed by atoms with Gasteiger partial charge in [0.2, 0.25) is 5.91 Å². The number of nitrogens with one attached hydrogen (secondary N) is 1. The zero-order valence-corrected chi connectivity index (χ0v) is 19.3.